The van der Waals surface area contributed by atoms with Gasteiger partial charge in [0.15, 0.2) is 0 Å². The average Bonchev–Trinajstić information content (AvgIpc) is 3.26. The van der Waals surface area contributed by atoms with Crippen molar-refractivity contribution in [3.8, 4) is 0 Å². The first kappa shape index (κ1) is 14.5. The molecule has 114 valence electrons. The highest BCUT2D eigenvalue weighted by Crippen LogP contribution is 2.40. The molecule has 1 heterocycles. The lowest BCUT2D eigenvalue weighted by Crippen LogP contribution is -2.42. The Morgan fingerprint density at radius 3 is 2.71 bits per heavy atom. The summed E-state index contributed by atoms with van der Waals surface area (Å²) < 4.78 is 0. The van der Waals surface area contributed by atoms with Crippen LogP contribution in [0, 0.1) is 5.92 Å². The lowest BCUT2D eigenvalue weighted by molar-refractivity contribution is -0.123. The Kier molecular flexibility index (Phi) is 4.56. The fraction of sp³-hybridized carbons (Fsp3) is 0.588. The first-order valence-electron chi connectivity index (χ1n) is 7.97. The number of amides is 1. The number of likely N-dealkylation sites (tertiary alicyclic amines) is 1. The van der Waals surface area contributed by atoms with Crippen molar-refractivity contribution >= 4 is 5.91 Å². The Balaban J connectivity index is 1.60. The van der Waals surface area contributed by atoms with Crippen molar-refractivity contribution in [2.75, 3.05) is 19.7 Å². The topological polar surface area (TPSA) is 52.6 Å². The number of aliphatic hydroxyl groups excluding tert-OH is 1. The maximum Gasteiger partial charge on any atom is 0.234 e. The van der Waals surface area contributed by atoms with Crippen LogP contribution in [0.1, 0.15) is 37.3 Å². The van der Waals surface area contributed by atoms with Crippen molar-refractivity contribution in [3.05, 3.63) is 35.9 Å². The fourth-order valence-corrected chi connectivity index (χ4v) is 3.28. The predicted molar refractivity (Wildman–Crippen MR) is 81.7 cm³/mol. The summed E-state index contributed by atoms with van der Waals surface area (Å²) in [7, 11) is 0. The maximum atomic E-state index is 12.3. The van der Waals surface area contributed by atoms with E-state index in [1.807, 2.05) is 18.2 Å². The van der Waals surface area contributed by atoms with Crippen molar-refractivity contribution in [1.29, 1.82) is 0 Å². The number of aliphatic hydroxyl groups is 1. The summed E-state index contributed by atoms with van der Waals surface area (Å²) in [5.41, 5.74) is 1.20. The maximum absolute atomic E-state index is 12.3. The smallest absolute Gasteiger partial charge is 0.234 e. The third-order valence-electron chi connectivity index (χ3n) is 4.63. The zero-order valence-corrected chi connectivity index (χ0v) is 12.4. The van der Waals surface area contributed by atoms with Crippen LogP contribution in [0.15, 0.2) is 30.3 Å². The molecular weight excluding hydrogens is 264 g/mol. The lowest BCUT2D eigenvalue weighted by Gasteiger charge is -2.24. The Bertz CT molecular complexity index is 473. The van der Waals surface area contributed by atoms with Crippen LogP contribution in [0.3, 0.4) is 0 Å². The monoisotopic (exact) mass is 288 g/mol. The third-order valence-corrected chi connectivity index (χ3v) is 4.63. The second-order valence-electron chi connectivity index (χ2n) is 6.24. The molecule has 2 atom stereocenters. The van der Waals surface area contributed by atoms with Gasteiger partial charge in [-0.25, -0.2) is 0 Å². The number of carbonyl (C=O) groups excluding carboxylic acids is 1. The molecule has 1 amide bonds. The molecule has 1 saturated heterocycles. The molecule has 4 nitrogen and oxygen atoms in total. The molecule has 0 bridgehead atoms. The van der Waals surface area contributed by atoms with E-state index in [1.54, 1.807) is 0 Å². The van der Waals surface area contributed by atoms with Gasteiger partial charge in [-0.05, 0) is 43.7 Å². The number of rotatable bonds is 6. The Labute approximate surface area is 126 Å². The molecule has 1 aromatic rings. The van der Waals surface area contributed by atoms with E-state index in [2.05, 4.69) is 22.3 Å². The Morgan fingerprint density at radius 2 is 2.05 bits per heavy atom. The highest BCUT2D eigenvalue weighted by molar-refractivity contribution is 5.78. The summed E-state index contributed by atoms with van der Waals surface area (Å²) in [6.07, 6.45) is 4.46. The largest absolute Gasteiger partial charge is 0.395 e. The third kappa shape index (κ3) is 3.63. The van der Waals surface area contributed by atoms with Gasteiger partial charge in [-0.3, -0.25) is 9.69 Å². The fourth-order valence-electron chi connectivity index (χ4n) is 3.28. The molecule has 2 N–H and O–H groups in total. The van der Waals surface area contributed by atoms with Gasteiger partial charge in [-0.2, -0.15) is 0 Å². The Morgan fingerprint density at radius 1 is 1.29 bits per heavy atom. The van der Waals surface area contributed by atoms with Crippen LogP contribution >= 0.6 is 0 Å². The van der Waals surface area contributed by atoms with Crippen molar-refractivity contribution in [1.82, 2.24) is 10.2 Å². The van der Waals surface area contributed by atoms with Gasteiger partial charge in [0.25, 0.3) is 0 Å². The van der Waals surface area contributed by atoms with Crippen LogP contribution in [0.2, 0.25) is 0 Å². The van der Waals surface area contributed by atoms with E-state index in [-0.39, 0.29) is 24.6 Å². The van der Waals surface area contributed by atoms with Gasteiger partial charge in [0.2, 0.25) is 5.91 Å². The molecule has 1 aliphatic carbocycles. The highest BCUT2D eigenvalue weighted by Gasteiger charge is 2.34. The molecule has 1 saturated carbocycles. The summed E-state index contributed by atoms with van der Waals surface area (Å²) in [5, 5.41) is 12.5. The summed E-state index contributed by atoms with van der Waals surface area (Å²) >= 11 is 0. The zero-order chi connectivity index (χ0) is 14.7. The molecule has 1 aromatic carbocycles. The number of hydrogen-bond donors (Lipinski definition) is 2. The summed E-state index contributed by atoms with van der Waals surface area (Å²) in [6, 6.07) is 10.6. The molecule has 1 aliphatic heterocycles. The van der Waals surface area contributed by atoms with Gasteiger partial charge in [-0.1, -0.05) is 30.3 Å². The molecule has 2 fully saturated rings. The molecule has 3 rings (SSSR count). The minimum Gasteiger partial charge on any atom is -0.395 e. The normalized spacial score (nSPS) is 24.0. The molecular formula is C17H24N2O2. The summed E-state index contributed by atoms with van der Waals surface area (Å²) in [6.45, 7) is 1.47. The molecule has 0 spiro atoms. The van der Waals surface area contributed by atoms with Crippen molar-refractivity contribution < 1.29 is 9.90 Å². The number of nitrogens with one attached hydrogen (secondary N) is 1. The van der Waals surface area contributed by atoms with Gasteiger partial charge in [0, 0.05) is 6.04 Å². The van der Waals surface area contributed by atoms with E-state index >= 15 is 0 Å². The molecule has 4 heteroatoms. The van der Waals surface area contributed by atoms with Gasteiger partial charge in [0.1, 0.15) is 0 Å². The van der Waals surface area contributed by atoms with Gasteiger partial charge in [0.05, 0.1) is 19.2 Å². The van der Waals surface area contributed by atoms with E-state index in [1.165, 1.54) is 18.4 Å². The minimum absolute atomic E-state index is 0.0797. The second kappa shape index (κ2) is 6.58. The van der Waals surface area contributed by atoms with E-state index in [0.717, 1.165) is 19.4 Å². The first-order chi connectivity index (χ1) is 10.3. The van der Waals surface area contributed by atoms with Gasteiger partial charge in [-0.15, -0.1) is 0 Å². The second-order valence-corrected chi connectivity index (χ2v) is 6.24. The van der Waals surface area contributed by atoms with Crippen LogP contribution in [-0.2, 0) is 4.79 Å². The van der Waals surface area contributed by atoms with E-state index in [9.17, 15) is 9.90 Å². The number of benzene rings is 1. The molecule has 0 aromatic heterocycles. The lowest BCUT2D eigenvalue weighted by atomic mass is 10.0. The zero-order valence-electron chi connectivity index (χ0n) is 12.4. The molecule has 2 aliphatic rings. The quantitative estimate of drug-likeness (QED) is 0.838. The summed E-state index contributed by atoms with van der Waals surface area (Å²) in [4.78, 5) is 14.4. The van der Waals surface area contributed by atoms with Crippen molar-refractivity contribution in [3.63, 3.8) is 0 Å². The number of hydrogen-bond acceptors (Lipinski definition) is 3. The van der Waals surface area contributed by atoms with Gasteiger partial charge < -0.3 is 10.4 Å². The van der Waals surface area contributed by atoms with Gasteiger partial charge >= 0.3 is 0 Å². The van der Waals surface area contributed by atoms with Crippen molar-refractivity contribution in [2.24, 2.45) is 5.92 Å². The molecule has 1 unspecified atom stereocenters. The van der Waals surface area contributed by atoms with Crippen LogP contribution in [0.25, 0.3) is 0 Å². The minimum atomic E-state index is 0.0797. The van der Waals surface area contributed by atoms with E-state index in [4.69, 9.17) is 0 Å². The standard InChI is InChI=1S/C17H24N2O2/c20-12-15-7-4-10-19(15)11-16(21)18-17(14-8-9-14)13-5-2-1-3-6-13/h1-3,5-6,14-15,17,20H,4,7-12H2,(H,18,21)/t15-,17?/m1/s1. The molecule has 21 heavy (non-hydrogen) atoms. The predicted octanol–water partition coefficient (Wildman–Crippen LogP) is 1.71. The van der Waals surface area contributed by atoms with Crippen LogP contribution in [0.4, 0.5) is 0 Å². The molecule has 0 radical (unpaired) electrons. The van der Waals surface area contributed by atoms with E-state index < -0.39 is 0 Å². The van der Waals surface area contributed by atoms with Crippen LogP contribution in [0.5, 0.6) is 0 Å². The SMILES string of the molecule is O=C(CN1CCC[C@@H]1CO)NC(c1ccccc1)C1CC1. The summed E-state index contributed by atoms with van der Waals surface area (Å²) in [5.74, 6) is 0.666. The number of carbonyl (C=O) groups is 1. The number of nitrogens with zero attached hydrogens (tertiary/aromatic N) is 1. The van der Waals surface area contributed by atoms with Crippen LogP contribution < -0.4 is 5.32 Å². The first-order valence-corrected chi connectivity index (χ1v) is 7.97. The average molecular weight is 288 g/mol. The van der Waals surface area contributed by atoms with E-state index in [0.29, 0.717) is 12.5 Å². The Hall–Kier alpha value is -1.39. The van der Waals surface area contributed by atoms with Crippen molar-refractivity contribution in [2.45, 2.75) is 37.8 Å². The van der Waals surface area contributed by atoms with Crippen LogP contribution in [-0.4, -0.2) is 41.7 Å². The highest BCUT2D eigenvalue weighted by atomic mass is 16.3.